The van der Waals surface area contributed by atoms with E-state index < -0.39 is 23.8 Å². The first-order valence-electron chi connectivity index (χ1n) is 12.8. The van der Waals surface area contributed by atoms with E-state index in [2.05, 4.69) is 35.1 Å². The number of carboxylic acid groups (broad SMARTS) is 2. The van der Waals surface area contributed by atoms with Crippen molar-refractivity contribution in [1.29, 1.82) is 0 Å². The molecular formula is C31H21F3N7O4Ru. The third-order valence-electron chi connectivity index (χ3n) is 5.63. The van der Waals surface area contributed by atoms with Gasteiger partial charge in [-0.2, -0.15) is 13.2 Å². The Morgan fingerprint density at radius 2 is 0.978 bits per heavy atom. The van der Waals surface area contributed by atoms with Crippen molar-refractivity contribution in [2.45, 2.75) is 6.18 Å². The van der Waals surface area contributed by atoms with Crippen LogP contribution in [0.3, 0.4) is 0 Å². The fourth-order valence-electron chi connectivity index (χ4n) is 3.51. The zero-order valence-corrected chi connectivity index (χ0v) is 25.0. The van der Waals surface area contributed by atoms with Crippen LogP contribution in [-0.2, 0) is 25.7 Å². The second-order valence-electron chi connectivity index (χ2n) is 8.73. The molecule has 1 radical (unpaired) electrons. The van der Waals surface area contributed by atoms with Gasteiger partial charge in [-0.25, -0.2) is 9.59 Å². The summed E-state index contributed by atoms with van der Waals surface area (Å²) in [5.74, 6) is -2.15. The molecule has 0 amide bonds. The van der Waals surface area contributed by atoms with Crippen LogP contribution < -0.4 is 5.10 Å². The van der Waals surface area contributed by atoms with Gasteiger partial charge in [-0.15, -0.1) is 0 Å². The van der Waals surface area contributed by atoms with Crippen LogP contribution in [0.1, 0.15) is 26.4 Å². The normalized spacial score (nSPS) is 10.2. The molecule has 233 valence electrons. The summed E-state index contributed by atoms with van der Waals surface area (Å²) in [4.78, 5) is 41.8. The van der Waals surface area contributed by atoms with Crippen molar-refractivity contribution >= 4 is 11.9 Å². The van der Waals surface area contributed by atoms with Crippen LogP contribution in [0, 0.1) is 0 Å². The topological polar surface area (TPSA) is 166 Å². The predicted molar refractivity (Wildman–Crippen MR) is 155 cm³/mol. The molecule has 0 atom stereocenters. The molecule has 0 aliphatic heterocycles. The zero-order chi connectivity index (χ0) is 32.2. The molecule has 0 saturated heterocycles. The Morgan fingerprint density at radius 3 is 1.33 bits per heavy atom. The van der Waals surface area contributed by atoms with E-state index >= 15 is 0 Å². The van der Waals surface area contributed by atoms with Crippen LogP contribution in [0.15, 0.2) is 116 Å². The predicted octanol–water partition coefficient (Wildman–Crippen LogP) is 5.80. The van der Waals surface area contributed by atoms with E-state index in [-0.39, 0.29) is 36.3 Å². The Hall–Kier alpha value is -5.69. The van der Waals surface area contributed by atoms with Crippen LogP contribution in [0.25, 0.3) is 34.2 Å². The number of carbonyl (C=O) groups is 2. The molecule has 15 heteroatoms. The van der Waals surface area contributed by atoms with Gasteiger partial charge >= 0.3 is 37.6 Å². The largest absolute Gasteiger partial charge is 1.00 e. The van der Waals surface area contributed by atoms with Gasteiger partial charge in [0.1, 0.15) is 5.69 Å². The summed E-state index contributed by atoms with van der Waals surface area (Å²) in [6.07, 6.45) is 3.24. The number of hydrogen-bond acceptors (Lipinski definition) is 8. The average molecular weight is 714 g/mol. The number of nitrogens with zero attached hydrogens (tertiary/aromatic N) is 7. The minimum atomic E-state index is -4.46. The minimum Gasteiger partial charge on any atom is -0.573 e. The van der Waals surface area contributed by atoms with Gasteiger partial charge in [-0.05, 0) is 66.7 Å². The SMILES string of the molecule is FC(F)(F)c1cc(-c2ccccn2)[n-]n1.O=C(O)c1ccnc(-c2cc(C(=O)O)ccn2)c1.[Ru+].c1ccc(-c2ccccn2)nc1. The van der Waals surface area contributed by atoms with E-state index in [0.717, 1.165) is 17.5 Å². The molecular weight excluding hydrogens is 692 g/mol. The number of rotatable bonds is 5. The van der Waals surface area contributed by atoms with Gasteiger partial charge in [0.15, 0.2) is 0 Å². The van der Waals surface area contributed by atoms with E-state index in [1.165, 1.54) is 42.9 Å². The molecule has 0 fully saturated rings. The van der Waals surface area contributed by atoms with Crippen LogP contribution in [0.5, 0.6) is 0 Å². The Labute approximate surface area is 272 Å². The van der Waals surface area contributed by atoms with Crippen molar-refractivity contribution in [3.05, 3.63) is 133 Å². The van der Waals surface area contributed by atoms with Gasteiger partial charge in [-0.1, -0.05) is 23.9 Å². The maximum atomic E-state index is 12.2. The summed E-state index contributed by atoms with van der Waals surface area (Å²) < 4.78 is 36.6. The van der Waals surface area contributed by atoms with Gasteiger partial charge in [0, 0.05) is 36.7 Å². The maximum Gasteiger partial charge on any atom is 1.00 e. The number of halogens is 3. The second kappa shape index (κ2) is 16.4. The molecule has 0 aliphatic rings. The molecule has 0 saturated carbocycles. The number of aromatic carboxylic acids is 2. The third-order valence-corrected chi connectivity index (χ3v) is 5.63. The van der Waals surface area contributed by atoms with Gasteiger partial charge in [-0.3, -0.25) is 24.9 Å². The first kappa shape index (κ1) is 34.8. The van der Waals surface area contributed by atoms with Crippen molar-refractivity contribution in [2.75, 3.05) is 0 Å². The Bertz CT molecular complexity index is 1770. The van der Waals surface area contributed by atoms with Crippen LogP contribution in [0.2, 0.25) is 0 Å². The smallest absolute Gasteiger partial charge is 0.573 e. The molecule has 0 unspecified atom stereocenters. The summed E-state index contributed by atoms with van der Waals surface area (Å²) in [5, 5.41) is 24.2. The monoisotopic (exact) mass is 714 g/mol. The fraction of sp³-hybridized carbons (Fsp3) is 0.0323. The van der Waals surface area contributed by atoms with Crippen LogP contribution in [0.4, 0.5) is 13.2 Å². The number of alkyl halides is 3. The van der Waals surface area contributed by atoms with Crippen molar-refractivity contribution in [2.24, 2.45) is 0 Å². The van der Waals surface area contributed by atoms with Gasteiger partial charge < -0.3 is 20.4 Å². The molecule has 6 aromatic rings. The first-order chi connectivity index (χ1) is 21.6. The van der Waals surface area contributed by atoms with E-state index in [1.807, 2.05) is 36.4 Å². The number of aromatic nitrogens is 7. The molecule has 46 heavy (non-hydrogen) atoms. The number of carboxylic acids is 2. The van der Waals surface area contributed by atoms with Crippen LogP contribution in [-0.4, -0.2) is 52.2 Å². The quantitative estimate of drug-likeness (QED) is 0.207. The Kier molecular flexibility index (Phi) is 12.4. The van der Waals surface area contributed by atoms with Crippen molar-refractivity contribution in [3.8, 4) is 34.2 Å². The van der Waals surface area contributed by atoms with Crippen molar-refractivity contribution in [1.82, 2.24) is 35.1 Å². The molecule has 6 aromatic heterocycles. The number of hydrogen-bond donors (Lipinski definition) is 2. The van der Waals surface area contributed by atoms with Gasteiger partial charge in [0.2, 0.25) is 0 Å². The Morgan fingerprint density at radius 1 is 0.565 bits per heavy atom. The number of pyridine rings is 5. The van der Waals surface area contributed by atoms with E-state index in [0.29, 0.717) is 17.1 Å². The summed E-state index contributed by atoms with van der Waals surface area (Å²) in [7, 11) is 0. The minimum absolute atomic E-state index is 0. The molecule has 0 aliphatic carbocycles. The molecule has 0 bridgehead atoms. The molecule has 0 aromatic carbocycles. The fourth-order valence-corrected chi connectivity index (χ4v) is 3.51. The van der Waals surface area contributed by atoms with Crippen molar-refractivity contribution in [3.63, 3.8) is 0 Å². The third kappa shape index (κ3) is 9.92. The summed E-state index contributed by atoms with van der Waals surface area (Å²) in [5.41, 5.74) is 2.11. The maximum absolute atomic E-state index is 12.2. The average Bonchev–Trinajstić information content (AvgIpc) is 3.59. The van der Waals surface area contributed by atoms with E-state index in [9.17, 15) is 22.8 Å². The molecule has 2 N–H and O–H groups in total. The standard InChI is InChI=1S/C12H8N2O4.C10H8N2.C9H5F3N3.Ru/c15-11(16)7-1-3-13-9(5-7)10-6-8(12(17)18)2-4-14-10;1-3-7-11-9(5-1)10-6-2-4-8-12-10;10-9(11,12)8-5-7(14-15-8)6-3-1-2-4-13-6;/h1-6H,(H,15,16)(H,17,18);1-8H;1-5H;/q;;-1;+1. The molecule has 0 spiro atoms. The summed E-state index contributed by atoms with van der Waals surface area (Å²) in [6, 6.07) is 22.8. The molecule has 11 nitrogen and oxygen atoms in total. The first-order valence-corrected chi connectivity index (χ1v) is 12.8. The van der Waals surface area contributed by atoms with Gasteiger partial charge in [0.05, 0.1) is 33.9 Å². The zero-order valence-electron chi connectivity index (χ0n) is 23.3. The van der Waals surface area contributed by atoms with E-state index in [1.54, 1.807) is 30.6 Å². The molecule has 6 heterocycles. The van der Waals surface area contributed by atoms with Crippen LogP contribution >= 0.6 is 0 Å². The van der Waals surface area contributed by atoms with Crippen molar-refractivity contribution < 1.29 is 52.5 Å². The van der Waals surface area contributed by atoms with E-state index in [4.69, 9.17) is 10.2 Å². The summed E-state index contributed by atoms with van der Waals surface area (Å²) >= 11 is 0. The molecule has 6 rings (SSSR count). The summed E-state index contributed by atoms with van der Waals surface area (Å²) in [6.45, 7) is 0. The van der Waals surface area contributed by atoms with Gasteiger partial charge in [0.25, 0.3) is 0 Å². The Balaban J connectivity index is 0.000000189. The second-order valence-corrected chi connectivity index (χ2v) is 8.73.